The Hall–Kier alpha value is -1.39. The first-order valence-corrected chi connectivity index (χ1v) is 7.49. The molecular weight excluding hydrogens is 250 g/mol. The molecule has 1 amide bonds. The van der Waals surface area contributed by atoms with E-state index in [0.717, 1.165) is 38.2 Å². The zero-order valence-electron chi connectivity index (χ0n) is 12.5. The monoisotopic (exact) mass is 275 g/mol. The van der Waals surface area contributed by atoms with Crippen molar-refractivity contribution in [2.45, 2.75) is 25.8 Å². The van der Waals surface area contributed by atoms with Crippen molar-refractivity contribution in [1.29, 1.82) is 0 Å². The highest BCUT2D eigenvalue weighted by atomic mass is 16.2. The number of benzene rings is 1. The Balaban J connectivity index is 1.90. The minimum atomic E-state index is 0.196. The van der Waals surface area contributed by atoms with Gasteiger partial charge in [0.25, 0.3) is 0 Å². The fourth-order valence-corrected chi connectivity index (χ4v) is 2.77. The fourth-order valence-electron chi connectivity index (χ4n) is 2.77. The number of amides is 1. The fraction of sp³-hybridized carbons (Fsp3) is 0.562. The molecule has 1 fully saturated rings. The number of hydrogen-bond acceptors (Lipinski definition) is 3. The van der Waals surface area contributed by atoms with Crippen molar-refractivity contribution in [1.82, 2.24) is 10.2 Å². The number of para-hydroxylation sites is 1. The van der Waals surface area contributed by atoms with Crippen LogP contribution >= 0.6 is 0 Å². The Morgan fingerprint density at radius 1 is 1.30 bits per heavy atom. The van der Waals surface area contributed by atoms with Crippen LogP contribution in [0.15, 0.2) is 30.3 Å². The number of hydrogen-bond donors (Lipinski definition) is 1. The van der Waals surface area contributed by atoms with E-state index in [0.29, 0.717) is 12.6 Å². The second-order valence-electron chi connectivity index (χ2n) is 5.31. The number of anilines is 1. The van der Waals surface area contributed by atoms with Gasteiger partial charge < -0.3 is 10.2 Å². The van der Waals surface area contributed by atoms with Gasteiger partial charge in [-0.3, -0.25) is 9.69 Å². The van der Waals surface area contributed by atoms with Crippen molar-refractivity contribution in [2.75, 3.05) is 38.1 Å². The minimum Gasteiger partial charge on any atom is -0.317 e. The van der Waals surface area contributed by atoms with Crippen LogP contribution in [0.1, 0.15) is 19.8 Å². The number of carbonyl (C=O) groups excluding carboxylic acids is 1. The van der Waals surface area contributed by atoms with Crippen molar-refractivity contribution in [3.05, 3.63) is 30.3 Å². The van der Waals surface area contributed by atoms with Crippen molar-refractivity contribution in [3.63, 3.8) is 0 Å². The number of carbonyl (C=O) groups is 1. The molecule has 1 heterocycles. The van der Waals surface area contributed by atoms with Crippen LogP contribution in [-0.2, 0) is 4.79 Å². The van der Waals surface area contributed by atoms with Gasteiger partial charge in [0.1, 0.15) is 0 Å². The van der Waals surface area contributed by atoms with Crippen LogP contribution in [-0.4, -0.2) is 50.1 Å². The Labute approximate surface area is 121 Å². The summed E-state index contributed by atoms with van der Waals surface area (Å²) in [6.45, 7) is 5.28. The lowest BCUT2D eigenvalue weighted by atomic mass is 10.1. The summed E-state index contributed by atoms with van der Waals surface area (Å²) in [5, 5.41) is 3.32. The van der Waals surface area contributed by atoms with Gasteiger partial charge in [0.2, 0.25) is 5.91 Å². The lowest BCUT2D eigenvalue weighted by molar-refractivity contribution is -0.120. The third-order valence-electron chi connectivity index (χ3n) is 4.04. The molecule has 0 atom stereocenters. The average Bonchev–Trinajstić information content (AvgIpc) is 2.50. The number of likely N-dealkylation sites (N-methyl/N-ethyl adjacent to an activating group) is 1. The SMILES string of the molecule is CCN(C(=O)CN1CCC(NC)CC1)c1ccccc1. The standard InChI is InChI=1S/C16H25N3O/c1-3-19(15-7-5-4-6-8-15)16(20)13-18-11-9-14(17-2)10-12-18/h4-8,14,17H,3,9-13H2,1-2H3. The van der Waals surface area contributed by atoms with Crippen LogP contribution < -0.4 is 10.2 Å². The highest BCUT2D eigenvalue weighted by molar-refractivity contribution is 5.94. The summed E-state index contributed by atoms with van der Waals surface area (Å²) < 4.78 is 0. The molecule has 1 aromatic carbocycles. The van der Waals surface area contributed by atoms with Crippen LogP contribution in [0.2, 0.25) is 0 Å². The van der Waals surface area contributed by atoms with Crippen molar-refractivity contribution in [2.24, 2.45) is 0 Å². The third kappa shape index (κ3) is 3.81. The van der Waals surface area contributed by atoms with Crippen LogP contribution in [0.5, 0.6) is 0 Å². The van der Waals surface area contributed by atoms with Gasteiger partial charge in [-0.25, -0.2) is 0 Å². The molecule has 110 valence electrons. The highest BCUT2D eigenvalue weighted by Gasteiger charge is 2.22. The summed E-state index contributed by atoms with van der Waals surface area (Å²) in [7, 11) is 2.01. The van der Waals surface area contributed by atoms with Gasteiger partial charge in [-0.2, -0.15) is 0 Å². The molecule has 20 heavy (non-hydrogen) atoms. The Kier molecular flexibility index (Phi) is 5.56. The van der Waals surface area contributed by atoms with Gasteiger partial charge in [0.05, 0.1) is 6.54 Å². The van der Waals surface area contributed by atoms with Crippen molar-refractivity contribution in [3.8, 4) is 0 Å². The normalized spacial score (nSPS) is 17.1. The highest BCUT2D eigenvalue weighted by Crippen LogP contribution is 2.15. The largest absolute Gasteiger partial charge is 0.317 e. The van der Waals surface area contributed by atoms with Gasteiger partial charge in [0.15, 0.2) is 0 Å². The first-order valence-electron chi connectivity index (χ1n) is 7.49. The molecule has 4 heteroatoms. The molecule has 4 nitrogen and oxygen atoms in total. The van der Waals surface area contributed by atoms with E-state index in [1.54, 1.807) is 0 Å². The molecule has 1 saturated heterocycles. The summed E-state index contributed by atoms with van der Waals surface area (Å²) >= 11 is 0. The van der Waals surface area contributed by atoms with E-state index in [9.17, 15) is 4.79 Å². The third-order valence-corrected chi connectivity index (χ3v) is 4.04. The van der Waals surface area contributed by atoms with Crippen molar-refractivity contribution >= 4 is 11.6 Å². The van der Waals surface area contributed by atoms with Crippen LogP contribution in [0, 0.1) is 0 Å². The number of likely N-dealkylation sites (tertiary alicyclic amines) is 1. The molecule has 0 radical (unpaired) electrons. The average molecular weight is 275 g/mol. The van der Waals surface area contributed by atoms with Crippen molar-refractivity contribution < 1.29 is 4.79 Å². The van der Waals surface area contributed by atoms with Gasteiger partial charge in [0, 0.05) is 31.4 Å². The molecule has 1 aliphatic rings. The number of piperidine rings is 1. The lowest BCUT2D eigenvalue weighted by Crippen LogP contribution is -2.46. The van der Waals surface area contributed by atoms with E-state index in [1.807, 2.05) is 49.2 Å². The summed E-state index contributed by atoms with van der Waals surface area (Å²) in [6, 6.07) is 10.5. The topological polar surface area (TPSA) is 35.6 Å². The summed E-state index contributed by atoms with van der Waals surface area (Å²) in [4.78, 5) is 16.6. The smallest absolute Gasteiger partial charge is 0.241 e. The maximum atomic E-state index is 12.5. The van der Waals surface area contributed by atoms with E-state index in [-0.39, 0.29) is 5.91 Å². The maximum Gasteiger partial charge on any atom is 0.241 e. The van der Waals surface area contributed by atoms with Gasteiger partial charge in [-0.05, 0) is 38.9 Å². The molecule has 2 rings (SSSR count). The Morgan fingerprint density at radius 2 is 1.95 bits per heavy atom. The predicted octanol–water partition coefficient (Wildman–Crippen LogP) is 1.72. The van der Waals surface area contributed by atoms with E-state index >= 15 is 0 Å². The quantitative estimate of drug-likeness (QED) is 0.889. The molecule has 0 saturated carbocycles. The lowest BCUT2D eigenvalue weighted by Gasteiger charge is -2.32. The predicted molar refractivity (Wildman–Crippen MR) is 83.0 cm³/mol. The number of rotatable bonds is 5. The summed E-state index contributed by atoms with van der Waals surface area (Å²) in [5.74, 6) is 0.196. The molecule has 1 aromatic rings. The zero-order chi connectivity index (χ0) is 14.4. The van der Waals surface area contributed by atoms with Crippen LogP contribution in [0.3, 0.4) is 0 Å². The Morgan fingerprint density at radius 3 is 2.50 bits per heavy atom. The molecule has 1 N–H and O–H groups in total. The van der Waals surface area contributed by atoms with Gasteiger partial charge in [-0.1, -0.05) is 18.2 Å². The van der Waals surface area contributed by atoms with Crippen LogP contribution in [0.25, 0.3) is 0 Å². The number of nitrogens with one attached hydrogen (secondary N) is 1. The Bertz CT molecular complexity index is 413. The second kappa shape index (κ2) is 7.41. The maximum absolute atomic E-state index is 12.5. The summed E-state index contributed by atoms with van der Waals surface area (Å²) in [6.07, 6.45) is 2.25. The van der Waals surface area contributed by atoms with Crippen LogP contribution in [0.4, 0.5) is 5.69 Å². The van der Waals surface area contributed by atoms with Gasteiger partial charge >= 0.3 is 0 Å². The molecule has 0 bridgehead atoms. The zero-order valence-corrected chi connectivity index (χ0v) is 12.5. The molecule has 0 spiro atoms. The van der Waals surface area contributed by atoms with E-state index in [2.05, 4.69) is 10.2 Å². The molecule has 0 unspecified atom stereocenters. The van der Waals surface area contributed by atoms with E-state index in [4.69, 9.17) is 0 Å². The second-order valence-corrected chi connectivity index (χ2v) is 5.31. The van der Waals surface area contributed by atoms with E-state index in [1.165, 1.54) is 0 Å². The van der Waals surface area contributed by atoms with E-state index < -0.39 is 0 Å². The number of nitrogens with zero attached hydrogens (tertiary/aromatic N) is 2. The first-order chi connectivity index (χ1) is 9.74. The molecule has 1 aliphatic heterocycles. The molecular formula is C16H25N3O. The molecule has 0 aliphatic carbocycles. The first kappa shape index (κ1) is 15.0. The van der Waals surface area contributed by atoms with Gasteiger partial charge in [-0.15, -0.1) is 0 Å². The minimum absolute atomic E-state index is 0.196. The molecule has 0 aromatic heterocycles. The summed E-state index contributed by atoms with van der Waals surface area (Å²) in [5.41, 5.74) is 0.991.